The van der Waals surface area contributed by atoms with Gasteiger partial charge in [0, 0.05) is 22.2 Å². The molecule has 0 bridgehead atoms. The van der Waals surface area contributed by atoms with E-state index in [0.717, 1.165) is 19.5 Å². The lowest BCUT2D eigenvalue weighted by Gasteiger charge is -2.06. The van der Waals surface area contributed by atoms with E-state index in [1.54, 1.807) is 18.2 Å². The van der Waals surface area contributed by atoms with E-state index in [1.165, 1.54) is 0 Å². The van der Waals surface area contributed by atoms with Gasteiger partial charge < -0.3 is 10.6 Å². The summed E-state index contributed by atoms with van der Waals surface area (Å²) >= 11 is 11.6. The van der Waals surface area contributed by atoms with Crippen LogP contribution in [0.2, 0.25) is 10.0 Å². The van der Waals surface area contributed by atoms with Gasteiger partial charge in [-0.3, -0.25) is 4.79 Å². The summed E-state index contributed by atoms with van der Waals surface area (Å²) in [5.41, 5.74) is 0.492. The predicted molar refractivity (Wildman–Crippen MR) is 72.0 cm³/mol. The van der Waals surface area contributed by atoms with Crippen molar-refractivity contribution in [3.8, 4) is 0 Å². The molecule has 0 atom stereocenters. The third-order valence-electron chi connectivity index (χ3n) is 2.19. The fraction of sp³-hybridized carbons (Fsp3) is 0.417. The first-order valence-corrected chi connectivity index (χ1v) is 6.34. The standard InChI is InChI=1S/C12H16Cl2N2O/c1-2-15-4-3-5-16-12(17)9-6-10(13)8-11(14)7-9/h6-8,15H,2-5H2,1H3,(H,16,17). The Balaban J connectivity index is 2.41. The van der Waals surface area contributed by atoms with Crippen molar-refractivity contribution in [1.29, 1.82) is 0 Å². The minimum Gasteiger partial charge on any atom is -0.352 e. The molecule has 0 aliphatic rings. The second-order valence-corrected chi connectivity index (χ2v) is 4.49. The largest absolute Gasteiger partial charge is 0.352 e. The number of amides is 1. The third kappa shape index (κ3) is 5.39. The van der Waals surface area contributed by atoms with Gasteiger partial charge in [-0.05, 0) is 37.7 Å². The maximum Gasteiger partial charge on any atom is 0.251 e. The average Bonchev–Trinajstić information content (AvgIpc) is 2.27. The zero-order valence-electron chi connectivity index (χ0n) is 9.72. The highest BCUT2D eigenvalue weighted by Crippen LogP contribution is 2.18. The number of rotatable bonds is 6. The molecule has 1 rings (SSSR count). The number of hydrogen-bond donors (Lipinski definition) is 2. The molecule has 0 saturated carbocycles. The smallest absolute Gasteiger partial charge is 0.251 e. The van der Waals surface area contributed by atoms with Crippen LogP contribution in [0.4, 0.5) is 0 Å². The van der Waals surface area contributed by atoms with E-state index in [4.69, 9.17) is 23.2 Å². The summed E-state index contributed by atoms with van der Waals surface area (Å²) in [6.07, 6.45) is 0.897. The van der Waals surface area contributed by atoms with E-state index < -0.39 is 0 Å². The Morgan fingerprint density at radius 2 is 1.82 bits per heavy atom. The second-order valence-electron chi connectivity index (χ2n) is 3.62. The van der Waals surface area contributed by atoms with Crippen LogP contribution in [-0.4, -0.2) is 25.5 Å². The van der Waals surface area contributed by atoms with Gasteiger partial charge in [-0.2, -0.15) is 0 Å². The van der Waals surface area contributed by atoms with E-state index in [1.807, 2.05) is 6.92 Å². The molecule has 1 aromatic rings. The van der Waals surface area contributed by atoms with Gasteiger partial charge in [0.15, 0.2) is 0 Å². The number of carbonyl (C=O) groups excluding carboxylic acids is 1. The maximum atomic E-state index is 11.7. The predicted octanol–water partition coefficient (Wildman–Crippen LogP) is 2.72. The molecule has 0 aliphatic carbocycles. The summed E-state index contributed by atoms with van der Waals surface area (Å²) in [5.74, 6) is -0.147. The molecule has 94 valence electrons. The van der Waals surface area contributed by atoms with Gasteiger partial charge in [0.1, 0.15) is 0 Å². The molecule has 0 saturated heterocycles. The van der Waals surface area contributed by atoms with Gasteiger partial charge in [-0.25, -0.2) is 0 Å². The number of hydrogen-bond acceptors (Lipinski definition) is 2. The third-order valence-corrected chi connectivity index (χ3v) is 2.63. The van der Waals surface area contributed by atoms with Crippen LogP contribution in [0.3, 0.4) is 0 Å². The molecule has 0 heterocycles. The molecule has 5 heteroatoms. The second kappa shape index (κ2) is 7.54. The van der Waals surface area contributed by atoms with Gasteiger partial charge in [0.25, 0.3) is 5.91 Å². The van der Waals surface area contributed by atoms with E-state index in [2.05, 4.69) is 10.6 Å². The maximum absolute atomic E-state index is 11.7. The monoisotopic (exact) mass is 274 g/mol. The van der Waals surface area contributed by atoms with Gasteiger partial charge in [-0.15, -0.1) is 0 Å². The van der Waals surface area contributed by atoms with Crippen LogP contribution < -0.4 is 10.6 Å². The first-order valence-electron chi connectivity index (χ1n) is 5.58. The van der Waals surface area contributed by atoms with Crippen LogP contribution in [0, 0.1) is 0 Å². The van der Waals surface area contributed by atoms with Crippen LogP contribution in [-0.2, 0) is 0 Å². The van der Waals surface area contributed by atoms with Crippen molar-refractivity contribution < 1.29 is 4.79 Å². The van der Waals surface area contributed by atoms with E-state index in [0.29, 0.717) is 22.2 Å². The van der Waals surface area contributed by atoms with Gasteiger partial charge in [-0.1, -0.05) is 30.1 Å². The molecule has 0 aromatic heterocycles. The quantitative estimate of drug-likeness (QED) is 0.784. The van der Waals surface area contributed by atoms with E-state index in [9.17, 15) is 4.79 Å². The lowest BCUT2D eigenvalue weighted by Crippen LogP contribution is -2.27. The molecule has 0 aliphatic heterocycles. The van der Waals surface area contributed by atoms with Crippen molar-refractivity contribution in [3.63, 3.8) is 0 Å². The normalized spacial score (nSPS) is 10.3. The first kappa shape index (κ1) is 14.3. The fourth-order valence-corrected chi connectivity index (χ4v) is 1.91. The van der Waals surface area contributed by atoms with Crippen molar-refractivity contribution in [2.75, 3.05) is 19.6 Å². The van der Waals surface area contributed by atoms with E-state index >= 15 is 0 Å². The van der Waals surface area contributed by atoms with Crippen molar-refractivity contribution in [2.45, 2.75) is 13.3 Å². The molecule has 0 unspecified atom stereocenters. The molecular weight excluding hydrogens is 259 g/mol. The topological polar surface area (TPSA) is 41.1 Å². The lowest BCUT2D eigenvalue weighted by atomic mass is 10.2. The minimum atomic E-state index is -0.147. The van der Waals surface area contributed by atoms with Crippen molar-refractivity contribution in [1.82, 2.24) is 10.6 Å². The summed E-state index contributed by atoms with van der Waals surface area (Å²) < 4.78 is 0. The number of carbonyl (C=O) groups is 1. The van der Waals surface area contributed by atoms with Gasteiger partial charge in [0.05, 0.1) is 0 Å². The molecule has 3 nitrogen and oxygen atoms in total. The van der Waals surface area contributed by atoms with Crippen LogP contribution in [0.25, 0.3) is 0 Å². The van der Waals surface area contributed by atoms with Crippen LogP contribution in [0.15, 0.2) is 18.2 Å². The molecule has 17 heavy (non-hydrogen) atoms. The minimum absolute atomic E-state index is 0.147. The number of benzene rings is 1. The zero-order chi connectivity index (χ0) is 12.7. The van der Waals surface area contributed by atoms with Crippen molar-refractivity contribution >= 4 is 29.1 Å². The zero-order valence-corrected chi connectivity index (χ0v) is 11.2. The van der Waals surface area contributed by atoms with Crippen LogP contribution >= 0.6 is 23.2 Å². The van der Waals surface area contributed by atoms with Crippen LogP contribution in [0.1, 0.15) is 23.7 Å². The Morgan fingerprint density at radius 1 is 1.18 bits per heavy atom. The summed E-state index contributed by atoms with van der Waals surface area (Å²) in [5, 5.41) is 6.94. The Labute approximate surface area is 111 Å². The molecule has 2 N–H and O–H groups in total. The summed E-state index contributed by atoms with van der Waals surface area (Å²) in [6, 6.07) is 4.81. The number of nitrogens with one attached hydrogen (secondary N) is 2. The van der Waals surface area contributed by atoms with Crippen molar-refractivity contribution in [3.05, 3.63) is 33.8 Å². The van der Waals surface area contributed by atoms with E-state index in [-0.39, 0.29) is 5.91 Å². The Bertz CT molecular complexity index is 363. The molecule has 0 fully saturated rings. The molecule has 1 amide bonds. The van der Waals surface area contributed by atoms with Crippen molar-refractivity contribution in [2.24, 2.45) is 0 Å². The molecule has 0 spiro atoms. The first-order chi connectivity index (χ1) is 8.13. The lowest BCUT2D eigenvalue weighted by molar-refractivity contribution is 0.0953. The molecule has 0 radical (unpaired) electrons. The highest BCUT2D eigenvalue weighted by Gasteiger charge is 2.06. The summed E-state index contributed by atoms with van der Waals surface area (Å²) in [4.78, 5) is 11.7. The average molecular weight is 275 g/mol. The summed E-state index contributed by atoms with van der Waals surface area (Å²) in [6.45, 7) is 4.52. The Hall–Kier alpha value is -0.770. The highest BCUT2D eigenvalue weighted by molar-refractivity contribution is 6.35. The summed E-state index contributed by atoms with van der Waals surface area (Å²) in [7, 11) is 0. The van der Waals surface area contributed by atoms with Gasteiger partial charge >= 0.3 is 0 Å². The van der Waals surface area contributed by atoms with Gasteiger partial charge in [0.2, 0.25) is 0 Å². The number of halogens is 2. The highest BCUT2D eigenvalue weighted by atomic mass is 35.5. The Kier molecular flexibility index (Phi) is 6.34. The van der Waals surface area contributed by atoms with Crippen LogP contribution in [0.5, 0.6) is 0 Å². The molecule has 1 aromatic carbocycles. The molecular formula is C12H16Cl2N2O. The fourth-order valence-electron chi connectivity index (χ4n) is 1.38. The SMILES string of the molecule is CCNCCCNC(=O)c1cc(Cl)cc(Cl)c1. The Morgan fingerprint density at radius 3 is 2.41 bits per heavy atom.